The van der Waals surface area contributed by atoms with Gasteiger partial charge in [-0.2, -0.15) is 0 Å². The third-order valence-electron chi connectivity index (χ3n) is 3.42. The minimum Gasteiger partial charge on any atom is -0.279 e. The van der Waals surface area contributed by atoms with E-state index in [2.05, 4.69) is 9.97 Å². The third-order valence-corrected chi connectivity index (χ3v) is 3.42. The summed E-state index contributed by atoms with van der Waals surface area (Å²) >= 11 is 0. The Morgan fingerprint density at radius 1 is 1.00 bits per heavy atom. The highest BCUT2D eigenvalue weighted by atomic mass is 16.2. The highest BCUT2D eigenvalue weighted by molar-refractivity contribution is 5.73. The highest BCUT2D eigenvalue weighted by Gasteiger charge is 2.10. The quantitative estimate of drug-likeness (QED) is 0.712. The van der Waals surface area contributed by atoms with Crippen molar-refractivity contribution < 1.29 is 0 Å². The van der Waals surface area contributed by atoms with Crippen LogP contribution in [0.15, 0.2) is 46.1 Å². The molecule has 0 atom stereocenters. The summed E-state index contributed by atoms with van der Waals surface area (Å²) in [5.41, 5.74) is 1.19. The molecule has 22 heavy (non-hydrogen) atoms. The molecule has 2 aromatic heterocycles. The second-order valence-electron chi connectivity index (χ2n) is 4.92. The molecule has 1 aromatic carbocycles. The van der Waals surface area contributed by atoms with E-state index in [0.717, 1.165) is 10.1 Å². The lowest BCUT2D eigenvalue weighted by Gasteiger charge is -2.05. The molecule has 0 fully saturated rings. The molecular formula is C16H14N4O2. The maximum atomic E-state index is 12.2. The Morgan fingerprint density at radius 3 is 2.45 bits per heavy atom. The van der Waals surface area contributed by atoms with E-state index >= 15 is 0 Å². The Morgan fingerprint density at radius 2 is 1.73 bits per heavy atom. The smallest absolute Gasteiger partial charge is 0.279 e. The zero-order chi connectivity index (χ0) is 15.7. The lowest BCUT2D eigenvalue weighted by atomic mass is 10.2. The van der Waals surface area contributed by atoms with Gasteiger partial charge >= 0.3 is 5.69 Å². The first-order chi connectivity index (χ1) is 10.6. The second kappa shape index (κ2) is 5.40. The summed E-state index contributed by atoms with van der Waals surface area (Å²) < 4.78 is 2.34. The number of rotatable bonds is 2. The normalized spacial score (nSPS) is 11.4. The number of hydrogen-bond acceptors (Lipinski definition) is 4. The molecular weight excluding hydrogens is 280 g/mol. The minimum atomic E-state index is -0.444. The molecule has 3 rings (SSSR count). The molecule has 0 bridgehead atoms. The molecule has 0 saturated heterocycles. The first kappa shape index (κ1) is 13.9. The molecule has 0 radical (unpaired) electrons. The van der Waals surface area contributed by atoms with Crippen LogP contribution in [0.25, 0.3) is 23.3 Å². The molecule has 6 nitrogen and oxygen atoms in total. The fraction of sp³-hybridized carbons (Fsp3) is 0.125. The average Bonchev–Trinajstić information content (AvgIpc) is 2.57. The van der Waals surface area contributed by atoms with Gasteiger partial charge in [-0.15, -0.1) is 0 Å². The lowest BCUT2D eigenvalue weighted by molar-refractivity contribution is 0.704. The molecule has 0 aliphatic carbocycles. The maximum absolute atomic E-state index is 12.2. The Kier molecular flexibility index (Phi) is 3.42. The number of nitrogens with zero attached hydrogens (tertiary/aromatic N) is 4. The van der Waals surface area contributed by atoms with Crippen LogP contribution in [-0.4, -0.2) is 19.1 Å². The monoisotopic (exact) mass is 294 g/mol. The molecule has 110 valence electrons. The molecule has 0 N–H and O–H groups in total. The third kappa shape index (κ3) is 2.35. The summed E-state index contributed by atoms with van der Waals surface area (Å²) in [7, 11) is 3.00. The first-order valence-electron chi connectivity index (χ1n) is 6.74. The molecule has 0 aliphatic rings. The Balaban J connectivity index is 2.13. The van der Waals surface area contributed by atoms with Crippen molar-refractivity contribution in [2.24, 2.45) is 14.1 Å². The maximum Gasteiger partial charge on any atom is 0.332 e. The van der Waals surface area contributed by atoms with Crippen molar-refractivity contribution in [2.45, 2.75) is 0 Å². The van der Waals surface area contributed by atoms with Crippen LogP contribution in [0, 0.1) is 0 Å². The van der Waals surface area contributed by atoms with Crippen LogP contribution in [0.1, 0.15) is 11.3 Å². The van der Waals surface area contributed by atoms with Gasteiger partial charge in [-0.05, 0) is 11.6 Å². The largest absolute Gasteiger partial charge is 0.332 e. The lowest BCUT2D eigenvalue weighted by Crippen LogP contribution is -2.37. The molecule has 0 spiro atoms. The van der Waals surface area contributed by atoms with Crippen LogP contribution >= 0.6 is 0 Å². The average molecular weight is 294 g/mol. The van der Waals surface area contributed by atoms with E-state index in [1.165, 1.54) is 11.6 Å². The van der Waals surface area contributed by atoms with E-state index in [4.69, 9.17) is 0 Å². The molecule has 0 aliphatic heterocycles. The molecule has 6 heteroatoms. The fourth-order valence-corrected chi connectivity index (χ4v) is 2.17. The number of benzene rings is 1. The molecule has 2 heterocycles. The number of aryl methyl sites for hydroxylation is 1. The second-order valence-corrected chi connectivity index (χ2v) is 4.92. The summed E-state index contributed by atoms with van der Waals surface area (Å²) in [5, 5.41) is 0. The summed E-state index contributed by atoms with van der Waals surface area (Å²) in [5.74, 6) is 0. The standard InChI is InChI=1S/C16H14N4O2/c1-19-14-13(15(21)20(2)16(19)22)18-12(10-17-14)9-8-11-6-4-3-5-7-11/h3-10H,1-2H3/b9-8+. The first-order valence-corrected chi connectivity index (χ1v) is 6.74. The van der Waals surface area contributed by atoms with Gasteiger partial charge in [0.25, 0.3) is 5.56 Å². The topological polar surface area (TPSA) is 69.8 Å². The van der Waals surface area contributed by atoms with Crippen molar-refractivity contribution in [3.05, 3.63) is 68.6 Å². The van der Waals surface area contributed by atoms with Gasteiger partial charge in [0.2, 0.25) is 0 Å². The molecule has 0 unspecified atom stereocenters. The van der Waals surface area contributed by atoms with Crippen molar-refractivity contribution >= 4 is 23.3 Å². The van der Waals surface area contributed by atoms with Crippen molar-refractivity contribution in [1.29, 1.82) is 0 Å². The van der Waals surface area contributed by atoms with Crippen molar-refractivity contribution in [3.63, 3.8) is 0 Å². The Labute approximate surface area is 126 Å². The van der Waals surface area contributed by atoms with Crippen molar-refractivity contribution in [1.82, 2.24) is 19.1 Å². The Hall–Kier alpha value is -3.02. The van der Waals surface area contributed by atoms with Crippen LogP contribution in [-0.2, 0) is 14.1 Å². The minimum absolute atomic E-state index is 0.180. The number of hydrogen-bond donors (Lipinski definition) is 0. The zero-order valence-corrected chi connectivity index (χ0v) is 12.2. The van der Waals surface area contributed by atoms with Crippen molar-refractivity contribution in [2.75, 3.05) is 0 Å². The van der Waals surface area contributed by atoms with Gasteiger partial charge in [0.15, 0.2) is 11.2 Å². The van der Waals surface area contributed by atoms with Gasteiger partial charge in [-0.1, -0.05) is 36.4 Å². The van der Waals surface area contributed by atoms with Crippen LogP contribution in [0.4, 0.5) is 0 Å². The highest BCUT2D eigenvalue weighted by Crippen LogP contribution is 2.07. The van der Waals surface area contributed by atoms with E-state index in [-0.39, 0.29) is 11.2 Å². The SMILES string of the molecule is Cn1c(=O)c2nc(/C=C/c3ccccc3)cnc2n(C)c1=O. The van der Waals surface area contributed by atoms with E-state index in [9.17, 15) is 9.59 Å². The van der Waals surface area contributed by atoms with E-state index in [0.29, 0.717) is 5.69 Å². The molecule has 0 amide bonds. The zero-order valence-electron chi connectivity index (χ0n) is 12.2. The van der Waals surface area contributed by atoms with Crippen LogP contribution in [0.5, 0.6) is 0 Å². The van der Waals surface area contributed by atoms with E-state index in [1.807, 2.05) is 36.4 Å². The number of aromatic nitrogens is 4. The summed E-state index contributed by atoms with van der Waals surface area (Å²) in [6, 6.07) is 9.76. The number of fused-ring (bicyclic) bond motifs is 1. The van der Waals surface area contributed by atoms with Gasteiger partial charge in [-0.25, -0.2) is 14.8 Å². The van der Waals surface area contributed by atoms with E-state index in [1.54, 1.807) is 19.3 Å². The van der Waals surface area contributed by atoms with Crippen LogP contribution in [0.3, 0.4) is 0 Å². The summed E-state index contributed by atoms with van der Waals surface area (Å²) in [6.45, 7) is 0. The predicted molar refractivity (Wildman–Crippen MR) is 85.4 cm³/mol. The summed E-state index contributed by atoms with van der Waals surface area (Å²) in [6.07, 6.45) is 5.22. The van der Waals surface area contributed by atoms with Gasteiger partial charge < -0.3 is 0 Å². The van der Waals surface area contributed by atoms with Gasteiger partial charge in [0.1, 0.15) is 0 Å². The Bertz CT molecular complexity index is 985. The predicted octanol–water partition coefficient (Wildman–Crippen LogP) is 1.20. The molecule has 3 aromatic rings. The van der Waals surface area contributed by atoms with Gasteiger partial charge in [0, 0.05) is 14.1 Å². The van der Waals surface area contributed by atoms with Crippen molar-refractivity contribution in [3.8, 4) is 0 Å². The summed E-state index contributed by atoms with van der Waals surface area (Å²) in [4.78, 5) is 32.5. The molecule has 0 saturated carbocycles. The van der Waals surface area contributed by atoms with Crippen LogP contribution in [0.2, 0.25) is 0 Å². The van der Waals surface area contributed by atoms with Gasteiger partial charge in [0.05, 0.1) is 11.9 Å². The van der Waals surface area contributed by atoms with E-state index < -0.39 is 11.2 Å². The van der Waals surface area contributed by atoms with Crippen LogP contribution < -0.4 is 11.2 Å². The fourth-order valence-electron chi connectivity index (χ4n) is 2.17. The van der Waals surface area contributed by atoms with Gasteiger partial charge in [-0.3, -0.25) is 13.9 Å².